The fraction of sp³-hybridized carbons (Fsp3) is 0.574. The van der Waals surface area contributed by atoms with Crippen molar-refractivity contribution in [1.29, 1.82) is 0 Å². The lowest BCUT2D eigenvalue weighted by atomic mass is 10.1. The highest BCUT2D eigenvalue weighted by Gasteiger charge is 2.23. The lowest BCUT2D eigenvalue weighted by Crippen LogP contribution is -2.45. The molecule has 356 valence electrons. The topological polar surface area (TPSA) is 108 Å². The SMILES string of the molecule is CC/C=C\C/C=C\C/C=C\C/C=C\C/C=C\C/C=C\C/C=C\C/C=C\CCCCC(=O)NC(COP(=O)([O-])OCC[N+](C)(C)C)C(O)/C=C/CC/C=C/CC/C=C/CCCCCC. The van der Waals surface area contributed by atoms with Crippen LogP contribution in [0.15, 0.2) is 134 Å². The number of hydrogen-bond donors (Lipinski definition) is 2. The van der Waals surface area contributed by atoms with E-state index in [9.17, 15) is 19.4 Å². The number of aliphatic hydroxyl groups excluding tert-OH is 1. The van der Waals surface area contributed by atoms with Gasteiger partial charge < -0.3 is 28.8 Å². The van der Waals surface area contributed by atoms with Gasteiger partial charge in [0.1, 0.15) is 13.2 Å². The first-order valence-corrected chi connectivity index (χ1v) is 25.5. The average molecular weight is 893 g/mol. The quantitative estimate of drug-likeness (QED) is 0.0274. The molecule has 0 spiro atoms. The number of hydrogen-bond acceptors (Lipinski definition) is 6. The number of quaternary nitrogens is 1. The molecule has 3 unspecified atom stereocenters. The van der Waals surface area contributed by atoms with E-state index in [-0.39, 0.29) is 18.9 Å². The van der Waals surface area contributed by atoms with Crippen molar-refractivity contribution in [3.05, 3.63) is 134 Å². The Morgan fingerprint density at radius 1 is 0.571 bits per heavy atom. The van der Waals surface area contributed by atoms with Crippen LogP contribution in [0.5, 0.6) is 0 Å². The normalized spacial score (nSPS) is 15.3. The van der Waals surface area contributed by atoms with E-state index in [1.54, 1.807) is 6.08 Å². The summed E-state index contributed by atoms with van der Waals surface area (Å²) in [6, 6.07) is -0.943. The van der Waals surface area contributed by atoms with Crippen molar-refractivity contribution >= 4 is 13.7 Å². The molecule has 63 heavy (non-hydrogen) atoms. The Labute approximate surface area is 386 Å². The van der Waals surface area contributed by atoms with Crippen LogP contribution in [0, 0.1) is 0 Å². The summed E-state index contributed by atoms with van der Waals surface area (Å²) in [5.41, 5.74) is 0. The van der Waals surface area contributed by atoms with Gasteiger partial charge in [0.2, 0.25) is 5.91 Å². The minimum Gasteiger partial charge on any atom is -0.756 e. The number of phosphoric acid groups is 1. The standard InChI is InChI=1S/C54H89N2O6P/c1-6-8-10-12-14-16-18-20-22-23-24-25-26-27-28-29-30-31-32-33-34-36-38-40-42-44-46-48-54(58)55-52(51-62-63(59,60)61-50-49-56(3,4)5)53(57)47-45-43-41-39-37-35-21-19-17-15-13-11-9-7-2/h8,10,14,16-17,19-20,22,24-25,27-28,30-31,33-34,37-40,45,47,52-53,57H,6-7,9,11-13,15,18,21,23,26,29,32,35-36,41-44,46,48-51H2,1-5H3,(H-,55,58,59,60)/b10-8-,16-14-,19-17+,22-20-,25-24-,28-27-,31-30-,34-33-,39-37+,40-38-,47-45+. The maximum Gasteiger partial charge on any atom is 0.268 e. The summed E-state index contributed by atoms with van der Waals surface area (Å²) in [6.07, 6.45) is 66.5. The smallest absolute Gasteiger partial charge is 0.268 e. The minimum absolute atomic E-state index is 0.0261. The largest absolute Gasteiger partial charge is 0.756 e. The van der Waals surface area contributed by atoms with Crippen LogP contribution in [0.25, 0.3) is 0 Å². The molecule has 0 aliphatic rings. The summed E-state index contributed by atoms with van der Waals surface area (Å²) in [5, 5.41) is 13.7. The molecule has 0 aromatic rings. The van der Waals surface area contributed by atoms with Crippen molar-refractivity contribution in [2.45, 2.75) is 161 Å². The summed E-state index contributed by atoms with van der Waals surface area (Å²) in [5.74, 6) is -0.262. The summed E-state index contributed by atoms with van der Waals surface area (Å²) >= 11 is 0. The van der Waals surface area contributed by atoms with E-state index in [0.29, 0.717) is 23.9 Å². The molecule has 0 aromatic heterocycles. The Balaban J connectivity index is 4.50. The number of likely N-dealkylation sites (N-methyl/N-ethyl adjacent to an activating group) is 1. The predicted molar refractivity (Wildman–Crippen MR) is 269 cm³/mol. The van der Waals surface area contributed by atoms with E-state index in [1.807, 2.05) is 27.2 Å². The number of carbonyl (C=O) groups is 1. The molecule has 1 amide bonds. The lowest BCUT2D eigenvalue weighted by molar-refractivity contribution is -0.870. The lowest BCUT2D eigenvalue weighted by Gasteiger charge is -2.29. The van der Waals surface area contributed by atoms with E-state index < -0.39 is 26.6 Å². The highest BCUT2D eigenvalue weighted by atomic mass is 31.2. The molecule has 0 aliphatic heterocycles. The molecule has 0 bridgehead atoms. The highest BCUT2D eigenvalue weighted by Crippen LogP contribution is 2.38. The zero-order valence-electron chi connectivity index (χ0n) is 40.2. The molecule has 0 rings (SSSR count). The van der Waals surface area contributed by atoms with Gasteiger partial charge in [0.05, 0.1) is 39.9 Å². The molecule has 0 radical (unpaired) electrons. The van der Waals surface area contributed by atoms with Crippen LogP contribution >= 0.6 is 7.82 Å². The zero-order valence-corrected chi connectivity index (χ0v) is 41.1. The van der Waals surface area contributed by atoms with Crippen LogP contribution in [0.1, 0.15) is 149 Å². The van der Waals surface area contributed by atoms with Gasteiger partial charge in [-0.1, -0.05) is 167 Å². The molecule has 0 saturated carbocycles. The van der Waals surface area contributed by atoms with Crippen LogP contribution in [-0.2, 0) is 18.4 Å². The Morgan fingerprint density at radius 2 is 0.984 bits per heavy atom. The Morgan fingerprint density at radius 3 is 1.44 bits per heavy atom. The van der Waals surface area contributed by atoms with Gasteiger partial charge in [0, 0.05) is 6.42 Å². The molecule has 0 saturated heterocycles. The maximum atomic E-state index is 12.9. The number of carbonyl (C=O) groups excluding carboxylic acids is 1. The third-order valence-electron chi connectivity index (χ3n) is 9.57. The van der Waals surface area contributed by atoms with Crippen molar-refractivity contribution in [1.82, 2.24) is 5.32 Å². The number of aliphatic hydroxyl groups is 1. The van der Waals surface area contributed by atoms with Gasteiger partial charge in [-0.15, -0.1) is 0 Å². The first-order valence-electron chi connectivity index (χ1n) is 24.0. The summed E-state index contributed by atoms with van der Waals surface area (Å²) in [7, 11) is 1.18. The molecule has 8 nitrogen and oxygen atoms in total. The van der Waals surface area contributed by atoms with Gasteiger partial charge >= 0.3 is 0 Å². The summed E-state index contributed by atoms with van der Waals surface area (Å²) in [6.45, 7) is 4.40. The first kappa shape index (κ1) is 59.6. The Kier molecular flexibility index (Phi) is 41.5. The minimum atomic E-state index is -4.62. The second-order valence-corrected chi connectivity index (χ2v) is 18.1. The molecule has 0 heterocycles. The average Bonchev–Trinajstić information content (AvgIpc) is 3.24. The van der Waals surface area contributed by atoms with E-state index in [4.69, 9.17) is 9.05 Å². The fourth-order valence-corrected chi connectivity index (χ4v) is 6.51. The number of unbranched alkanes of at least 4 members (excludes halogenated alkanes) is 8. The van der Waals surface area contributed by atoms with Gasteiger partial charge in [-0.2, -0.15) is 0 Å². The molecule has 9 heteroatoms. The van der Waals surface area contributed by atoms with E-state index in [2.05, 4.69) is 141 Å². The van der Waals surface area contributed by atoms with Crippen LogP contribution in [0.3, 0.4) is 0 Å². The van der Waals surface area contributed by atoms with Crippen LogP contribution in [0.4, 0.5) is 0 Å². The van der Waals surface area contributed by atoms with E-state index >= 15 is 0 Å². The van der Waals surface area contributed by atoms with E-state index in [0.717, 1.165) is 89.9 Å². The number of allylic oxidation sites excluding steroid dienone is 21. The molecular formula is C54H89N2O6P. The van der Waals surface area contributed by atoms with Crippen LogP contribution < -0.4 is 10.2 Å². The molecule has 0 aliphatic carbocycles. The van der Waals surface area contributed by atoms with Crippen molar-refractivity contribution < 1.29 is 32.9 Å². The zero-order chi connectivity index (χ0) is 46.4. The van der Waals surface area contributed by atoms with Gasteiger partial charge in [0.25, 0.3) is 7.82 Å². The third kappa shape index (κ3) is 46.4. The molecular weight excluding hydrogens is 804 g/mol. The van der Waals surface area contributed by atoms with Crippen molar-refractivity contribution in [3.63, 3.8) is 0 Å². The van der Waals surface area contributed by atoms with Crippen molar-refractivity contribution in [2.75, 3.05) is 40.9 Å². The molecule has 0 fully saturated rings. The van der Waals surface area contributed by atoms with Gasteiger partial charge in [0.15, 0.2) is 0 Å². The van der Waals surface area contributed by atoms with Gasteiger partial charge in [-0.05, 0) is 109 Å². The second kappa shape index (κ2) is 43.9. The number of phosphoric ester groups is 1. The number of rotatable bonds is 41. The molecule has 2 N–H and O–H groups in total. The van der Waals surface area contributed by atoms with E-state index in [1.165, 1.54) is 25.7 Å². The summed E-state index contributed by atoms with van der Waals surface area (Å²) < 4.78 is 23.2. The highest BCUT2D eigenvalue weighted by molar-refractivity contribution is 7.45. The van der Waals surface area contributed by atoms with Crippen LogP contribution in [0.2, 0.25) is 0 Å². The number of amides is 1. The Bertz CT molecular complexity index is 1480. The maximum absolute atomic E-state index is 12.9. The monoisotopic (exact) mass is 893 g/mol. The number of nitrogens with zero attached hydrogens (tertiary/aromatic N) is 1. The van der Waals surface area contributed by atoms with Gasteiger partial charge in [-0.3, -0.25) is 9.36 Å². The molecule has 0 aromatic carbocycles. The second-order valence-electron chi connectivity index (χ2n) is 16.7. The van der Waals surface area contributed by atoms with Crippen molar-refractivity contribution in [2.24, 2.45) is 0 Å². The fourth-order valence-electron chi connectivity index (χ4n) is 5.78. The Hall–Kier alpha value is -3.36. The molecule has 3 atom stereocenters. The predicted octanol–water partition coefficient (Wildman–Crippen LogP) is 13.4. The summed E-state index contributed by atoms with van der Waals surface area (Å²) in [4.78, 5) is 25.3. The van der Waals surface area contributed by atoms with Crippen LogP contribution in [-0.4, -0.2) is 68.5 Å². The number of nitrogens with one attached hydrogen (secondary N) is 1. The third-order valence-corrected chi connectivity index (χ3v) is 10.5. The van der Waals surface area contributed by atoms with Gasteiger partial charge in [-0.25, -0.2) is 0 Å². The first-order chi connectivity index (χ1) is 30.5. The van der Waals surface area contributed by atoms with Crippen molar-refractivity contribution in [3.8, 4) is 0 Å².